The molecule has 0 atom stereocenters. The molecular formula is C16H22BrNO2. The minimum Gasteiger partial charge on any atom is -0.396 e. The fraction of sp³-hybridized carbons (Fsp3) is 0.438. The standard InChI is InChI=1S/C16H22BrNO2/c1-12(2)18(9-4-10-19)16(20)8-7-14-6-5-13(3)11-15(14)17/h5-8,11-12,19H,4,9-10H2,1-3H3/b8-7+. The predicted octanol–water partition coefficient (Wildman–Crippen LogP) is 3.39. The number of carbonyl (C=O) groups excluding carboxylic acids is 1. The van der Waals surface area contributed by atoms with Crippen molar-refractivity contribution in [1.29, 1.82) is 0 Å². The Bertz CT molecular complexity index is 483. The van der Waals surface area contributed by atoms with Crippen LogP contribution in [0.4, 0.5) is 0 Å². The van der Waals surface area contributed by atoms with E-state index in [-0.39, 0.29) is 18.6 Å². The summed E-state index contributed by atoms with van der Waals surface area (Å²) in [6, 6.07) is 6.15. The van der Waals surface area contributed by atoms with Gasteiger partial charge >= 0.3 is 0 Å². The molecule has 0 aliphatic carbocycles. The maximum atomic E-state index is 12.2. The van der Waals surface area contributed by atoms with Gasteiger partial charge in [-0.2, -0.15) is 0 Å². The average Bonchev–Trinajstić information content (AvgIpc) is 2.37. The third-order valence-corrected chi connectivity index (χ3v) is 3.71. The van der Waals surface area contributed by atoms with Gasteiger partial charge in [-0.3, -0.25) is 4.79 Å². The Morgan fingerprint density at radius 1 is 1.45 bits per heavy atom. The summed E-state index contributed by atoms with van der Waals surface area (Å²) in [5.41, 5.74) is 2.15. The van der Waals surface area contributed by atoms with Crippen LogP contribution in [0.5, 0.6) is 0 Å². The van der Waals surface area contributed by atoms with Gasteiger partial charge in [-0.15, -0.1) is 0 Å². The van der Waals surface area contributed by atoms with Crippen LogP contribution in [-0.4, -0.2) is 35.1 Å². The first-order valence-corrected chi connectivity index (χ1v) is 7.60. The lowest BCUT2D eigenvalue weighted by molar-refractivity contribution is -0.127. The smallest absolute Gasteiger partial charge is 0.246 e. The number of hydrogen-bond donors (Lipinski definition) is 1. The number of aliphatic hydroxyl groups excluding tert-OH is 1. The third-order valence-electron chi connectivity index (χ3n) is 3.02. The lowest BCUT2D eigenvalue weighted by Crippen LogP contribution is -2.36. The average molecular weight is 340 g/mol. The molecule has 0 fully saturated rings. The molecule has 0 spiro atoms. The van der Waals surface area contributed by atoms with Gasteiger partial charge in [-0.05, 0) is 50.5 Å². The fourth-order valence-corrected chi connectivity index (χ4v) is 2.51. The number of carbonyl (C=O) groups is 1. The van der Waals surface area contributed by atoms with Gasteiger partial charge in [0.2, 0.25) is 5.91 Å². The maximum Gasteiger partial charge on any atom is 0.246 e. The third kappa shape index (κ3) is 5.10. The van der Waals surface area contributed by atoms with Crippen LogP contribution < -0.4 is 0 Å². The zero-order valence-corrected chi connectivity index (χ0v) is 13.9. The zero-order chi connectivity index (χ0) is 15.1. The molecule has 0 aromatic heterocycles. The lowest BCUT2D eigenvalue weighted by Gasteiger charge is -2.25. The zero-order valence-electron chi connectivity index (χ0n) is 12.3. The predicted molar refractivity (Wildman–Crippen MR) is 86.5 cm³/mol. The molecule has 0 aliphatic heterocycles. The van der Waals surface area contributed by atoms with E-state index in [1.807, 2.05) is 45.0 Å². The molecule has 0 heterocycles. The van der Waals surface area contributed by atoms with Crippen LogP contribution >= 0.6 is 15.9 Å². The lowest BCUT2D eigenvalue weighted by atomic mass is 10.1. The monoisotopic (exact) mass is 339 g/mol. The molecule has 20 heavy (non-hydrogen) atoms. The summed E-state index contributed by atoms with van der Waals surface area (Å²) in [4.78, 5) is 13.9. The highest BCUT2D eigenvalue weighted by molar-refractivity contribution is 9.10. The van der Waals surface area contributed by atoms with Crippen LogP contribution in [0.3, 0.4) is 0 Å². The number of halogens is 1. The Balaban J connectivity index is 2.78. The van der Waals surface area contributed by atoms with E-state index < -0.39 is 0 Å². The molecule has 0 radical (unpaired) electrons. The summed E-state index contributed by atoms with van der Waals surface area (Å²) in [5, 5.41) is 8.89. The second-order valence-electron chi connectivity index (χ2n) is 5.06. The van der Waals surface area contributed by atoms with Crippen molar-refractivity contribution in [3.05, 3.63) is 39.9 Å². The van der Waals surface area contributed by atoms with Crippen LogP contribution in [-0.2, 0) is 4.79 Å². The summed E-state index contributed by atoms with van der Waals surface area (Å²) in [7, 11) is 0. The van der Waals surface area contributed by atoms with E-state index >= 15 is 0 Å². The van der Waals surface area contributed by atoms with Gasteiger partial charge in [0.15, 0.2) is 0 Å². The van der Waals surface area contributed by atoms with Crippen LogP contribution in [0.25, 0.3) is 6.08 Å². The highest BCUT2D eigenvalue weighted by Crippen LogP contribution is 2.19. The van der Waals surface area contributed by atoms with Crippen molar-refractivity contribution in [2.45, 2.75) is 33.2 Å². The molecular weight excluding hydrogens is 318 g/mol. The summed E-state index contributed by atoms with van der Waals surface area (Å²) in [5.74, 6) is -0.0269. The second kappa shape index (κ2) is 8.22. The van der Waals surface area contributed by atoms with Crippen molar-refractivity contribution < 1.29 is 9.90 Å². The molecule has 0 saturated heterocycles. The van der Waals surface area contributed by atoms with Gasteiger partial charge in [0.1, 0.15) is 0 Å². The van der Waals surface area contributed by atoms with E-state index in [0.29, 0.717) is 13.0 Å². The van der Waals surface area contributed by atoms with Crippen molar-refractivity contribution in [2.24, 2.45) is 0 Å². The number of aliphatic hydroxyl groups is 1. The number of amides is 1. The maximum absolute atomic E-state index is 12.2. The number of hydrogen-bond acceptors (Lipinski definition) is 2. The van der Waals surface area contributed by atoms with Crippen molar-refractivity contribution in [3.63, 3.8) is 0 Å². The Kier molecular flexibility index (Phi) is 6.96. The molecule has 0 saturated carbocycles. The first kappa shape index (κ1) is 16.9. The number of rotatable bonds is 6. The molecule has 1 amide bonds. The Morgan fingerprint density at radius 3 is 2.70 bits per heavy atom. The van der Waals surface area contributed by atoms with Gasteiger partial charge in [0, 0.05) is 29.7 Å². The molecule has 0 aliphatic rings. The van der Waals surface area contributed by atoms with Crippen LogP contribution in [0.1, 0.15) is 31.4 Å². The van der Waals surface area contributed by atoms with Gasteiger partial charge in [-0.1, -0.05) is 28.1 Å². The summed E-state index contributed by atoms with van der Waals surface area (Å²) in [6.07, 6.45) is 4.01. The highest BCUT2D eigenvalue weighted by Gasteiger charge is 2.13. The Hall–Kier alpha value is -1.13. The van der Waals surface area contributed by atoms with E-state index in [0.717, 1.165) is 10.0 Å². The number of benzene rings is 1. The molecule has 0 unspecified atom stereocenters. The fourth-order valence-electron chi connectivity index (χ4n) is 1.89. The summed E-state index contributed by atoms with van der Waals surface area (Å²) in [6.45, 7) is 6.66. The summed E-state index contributed by atoms with van der Waals surface area (Å²) >= 11 is 3.50. The summed E-state index contributed by atoms with van der Waals surface area (Å²) < 4.78 is 0.980. The normalized spacial score (nSPS) is 11.3. The first-order valence-electron chi connectivity index (χ1n) is 6.81. The highest BCUT2D eigenvalue weighted by atomic mass is 79.9. The van der Waals surface area contributed by atoms with Gasteiger partial charge < -0.3 is 10.0 Å². The minimum absolute atomic E-state index is 0.0269. The topological polar surface area (TPSA) is 40.5 Å². The molecule has 110 valence electrons. The molecule has 1 rings (SSSR count). The molecule has 3 nitrogen and oxygen atoms in total. The van der Waals surface area contributed by atoms with Crippen LogP contribution in [0, 0.1) is 6.92 Å². The Morgan fingerprint density at radius 2 is 2.15 bits per heavy atom. The van der Waals surface area contributed by atoms with Gasteiger partial charge in [-0.25, -0.2) is 0 Å². The second-order valence-corrected chi connectivity index (χ2v) is 5.92. The van der Waals surface area contributed by atoms with Gasteiger partial charge in [0.25, 0.3) is 0 Å². The van der Waals surface area contributed by atoms with E-state index in [2.05, 4.69) is 15.9 Å². The first-order chi connectivity index (χ1) is 9.45. The van der Waals surface area contributed by atoms with E-state index in [9.17, 15) is 4.79 Å². The molecule has 4 heteroatoms. The largest absolute Gasteiger partial charge is 0.396 e. The van der Waals surface area contributed by atoms with E-state index in [1.165, 1.54) is 5.56 Å². The minimum atomic E-state index is -0.0269. The SMILES string of the molecule is Cc1ccc(/C=C/C(=O)N(CCCO)C(C)C)c(Br)c1. The van der Waals surface area contributed by atoms with Crippen LogP contribution in [0.2, 0.25) is 0 Å². The van der Waals surface area contributed by atoms with Crippen molar-refractivity contribution in [2.75, 3.05) is 13.2 Å². The molecule has 1 aromatic rings. The van der Waals surface area contributed by atoms with Crippen molar-refractivity contribution in [3.8, 4) is 0 Å². The molecule has 1 aromatic carbocycles. The molecule has 1 N–H and O–H groups in total. The van der Waals surface area contributed by atoms with Crippen LogP contribution in [0.15, 0.2) is 28.7 Å². The Labute approximate surface area is 129 Å². The quantitative estimate of drug-likeness (QED) is 0.807. The number of aryl methyl sites for hydroxylation is 1. The van der Waals surface area contributed by atoms with E-state index in [1.54, 1.807) is 11.0 Å². The van der Waals surface area contributed by atoms with E-state index in [4.69, 9.17) is 5.11 Å². The van der Waals surface area contributed by atoms with Crippen molar-refractivity contribution >= 4 is 27.9 Å². The van der Waals surface area contributed by atoms with Gasteiger partial charge in [0.05, 0.1) is 0 Å². The molecule has 0 bridgehead atoms. The van der Waals surface area contributed by atoms with Crippen molar-refractivity contribution in [1.82, 2.24) is 4.90 Å². The number of nitrogens with zero attached hydrogens (tertiary/aromatic N) is 1.